The topological polar surface area (TPSA) is 97.0 Å². The first-order valence-corrected chi connectivity index (χ1v) is 9.73. The molecule has 1 saturated carbocycles. The molecule has 1 amide bonds. The van der Waals surface area contributed by atoms with Crippen LogP contribution in [0.2, 0.25) is 0 Å². The van der Waals surface area contributed by atoms with Crippen molar-refractivity contribution < 1.29 is 14.3 Å². The minimum atomic E-state index is -1.05. The van der Waals surface area contributed by atoms with E-state index < -0.39 is 18.0 Å². The van der Waals surface area contributed by atoms with Crippen LogP contribution in [0.3, 0.4) is 0 Å². The summed E-state index contributed by atoms with van der Waals surface area (Å²) < 4.78 is 6.99. The third-order valence-corrected chi connectivity index (χ3v) is 4.89. The Morgan fingerprint density at radius 2 is 1.87 bits per heavy atom. The monoisotopic (exact) mass is 400 g/mol. The molecule has 0 aliphatic heterocycles. The predicted molar refractivity (Wildman–Crippen MR) is 110 cm³/mol. The number of carbonyl (C=O) groups excluding carboxylic acids is 2. The van der Waals surface area contributed by atoms with Crippen molar-refractivity contribution >= 4 is 17.6 Å². The van der Waals surface area contributed by atoms with Crippen molar-refractivity contribution in [3.63, 3.8) is 0 Å². The number of benzene rings is 2. The van der Waals surface area contributed by atoms with Gasteiger partial charge in [-0.2, -0.15) is 10.4 Å². The van der Waals surface area contributed by atoms with Gasteiger partial charge in [0.05, 0.1) is 22.6 Å². The highest BCUT2D eigenvalue weighted by Crippen LogP contribution is 2.39. The van der Waals surface area contributed by atoms with Crippen molar-refractivity contribution in [2.45, 2.75) is 31.8 Å². The molecule has 1 aliphatic carbocycles. The molecular weight excluding hydrogens is 380 g/mol. The average molecular weight is 400 g/mol. The second-order valence-corrected chi connectivity index (χ2v) is 7.17. The van der Waals surface area contributed by atoms with Crippen LogP contribution in [0.15, 0.2) is 60.7 Å². The summed E-state index contributed by atoms with van der Waals surface area (Å²) in [5, 5.41) is 16.4. The minimum Gasteiger partial charge on any atom is -0.448 e. The summed E-state index contributed by atoms with van der Waals surface area (Å²) in [6.07, 6.45) is 1.06. The van der Waals surface area contributed by atoms with E-state index in [1.807, 2.05) is 36.4 Å². The molecule has 0 radical (unpaired) electrons. The molecule has 150 valence electrons. The number of nitrogens with zero attached hydrogens (tertiary/aromatic N) is 3. The summed E-state index contributed by atoms with van der Waals surface area (Å²) in [5.41, 5.74) is 2.58. The number of hydrogen-bond donors (Lipinski definition) is 1. The molecule has 4 rings (SSSR count). The normalized spacial score (nSPS) is 13.9. The van der Waals surface area contributed by atoms with Crippen molar-refractivity contribution in [3.05, 3.63) is 77.6 Å². The predicted octanol–water partition coefficient (Wildman–Crippen LogP) is 3.81. The highest BCUT2D eigenvalue weighted by molar-refractivity contribution is 5.97. The van der Waals surface area contributed by atoms with E-state index in [1.54, 1.807) is 35.0 Å². The Kier molecular flexibility index (Phi) is 5.31. The van der Waals surface area contributed by atoms with Gasteiger partial charge in [-0.1, -0.05) is 30.3 Å². The molecule has 0 spiro atoms. The number of rotatable bonds is 6. The standard InChI is InChI=1S/C23H20N4O3/c1-15(22(28)25-19-10-6-5-7-17(19)14-24)30-23(29)21-13-20(16-11-12-16)26-27(21)18-8-3-2-4-9-18/h2-10,13,15-16H,11-12H2,1H3,(H,25,28)/t15-/m0/s1. The van der Waals surface area contributed by atoms with Gasteiger partial charge in [0, 0.05) is 5.92 Å². The number of ether oxygens (including phenoxy) is 1. The molecule has 1 aliphatic rings. The first-order chi connectivity index (χ1) is 14.6. The van der Waals surface area contributed by atoms with Gasteiger partial charge in [-0.05, 0) is 50.1 Å². The van der Waals surface area contributed by atoms with Gasteiger partial charge in [-0.25, -0.2) is 9.48 Å². The lowest BCUT2D eigenvalue weighted by atomic mass is 10.2. The second-order valence-electron chi connectivity index (χ2n) is 7.17. The van der Waals surface area contributed by atoms with Crippen molar-refractivity contribution in [3.8, 4) is 11.8 Å². The van der Waals surface area contributed by atoms with E-state index >= 15 is 0 Å². The summed E-state index contributed by atoms with van der Waals surface area (Å²) in [5.74, 6) is -0.779. The van der Waals surface area contributed by atoms with Gasteiger partial charge in [0.25, 0.3) is 5.91 Å². The Labute approximate surface area is 173 Å². The van der Waals surface area contributed by atoms with E-state index in [4.69, 9.17) is 10.00 Å². The highest BCUT2D eigenvalue weighted by atomic mass is 16.5. The van der Waals surface area contributed by atoms with Crippen LogP contribution in [0.25, 0.3) is 5.69 Å². The molecular formula is C23H20N4O3. The number of esters is 1. The summed E-state index contributed by atoms with van der Waals surface area (Å²) >= 11 is 0. The van der Waals surface area contributed by atoms with Crippen LogP contribution in [0, 0.1) is 11.3 Å². The van der Waals surface area contributed by atoms with E-state index in [9.17, 15) is 9.59 Å². The molecule has 3 aromatic rings. The fourth-order valence-electron chi connectivity index (χ4n) is 3.09. The molecule has 1 fully saturated rings. The number of para-hydroxylation sites is 2. The molecule has 2 aromatic carbocycles. The lowest BCUT2D eigenvalue weighted by Crippen LogP contribution is -2.30. The Balaban J connectivity index is 1.52. The number of aromatic nitrogens is 2. The van der Waals surface area contributed by atoms with Crippen LogP contribution in [0.4, 0.5) is 5.69 Å². The van der Waals surface area contributed by atoms with Crippen LogP contribution in [0.1, 0.15) is 47.4 Å². The Hall–Kier alpha value is -3.92. The van der Waals surface area contributed by atoms with Crippen LogP contribution in [-0.2, 0) is 9.53 Å². The lowest BCUT2D eigenvalue weighted by molar-refractivity contribution is -0.123. The van der Waals surface area contributed by atoms with Crippen molar-refractivity contribution in [2.24, 2.45) is 0 Å². The maximum absolute atomic E-state index is 12.9. The zero-order valence-electron chi connectivity index (χ0n) is 16.4. The van der Waals surface area contributed by atoms with Crippen LogP contribution in [-0.4, -0.2) is 27.8 Å². The molecule has 1 atom stereocenters. The number of nitrogens with one attached hydrogen (secondary N) is 1. The van der Waals surface area contributed by atoms with Gasteiger partial charge < -0.3 is 10.1 Å². The molecule has 1 heterocycles. The van der Waals surface area contributed by atoms with Gasteiger partial charge >= 0.3 is 5.97 Å². The molecule has 30 heavy (non-hydrogen) atoms. The van der Waals surface area contributed by atoms with Crippen LogP contribution < -0.4 is 5.32 Å². The molecule has 7 nitrogen and oxygen atoms in total. The quantitative estimate of drug-likeness (QED) is 0.635. The first-order valence-electron chi connectivity index (χ1n) is 9.73. The zero-order valence-corrected chi connectivity index (χ0v) is 16.4. The SMILES string of the molecule is C[C@H](OC(=O)c1cc(C2CC2)nn1-c1ccccc1)C(=O)Nc1ccccc1C#N. The largest absolute Gasteiger partial charge is 0.448 e. The van der Waals surface area contributed by atoms with Crippen LogP contribution >= 0.6 is 0 Å². The van der Waals surface area contributed by atoms with Crippen LogP contribution in [0.5, 0.6) is 0 Å². The van der Waals surface area contributed by atoms with Gasteiger partial charge in [0.1, 0.15) is 6.07 Å². The number of amides is 1. The van der Waals surface area contributed by atoms with E-state index in [2.05, 4.69) is 10.4 Å². The Bertz CT molecular complexity index is 1130. The van der Waals surface area contributed by atoms with Gasteiger partial charge in [-0.3, -0.25) is 4.79 Å². The highest BCUT2D eigenvalue weighted by Gasteiger charge is 2.30. The molecule has 1 N–H and O–H groups in total. The molecule has 1 aromatic heterocycles. The number of hydrogen-bond acceptors (Lipinski definition) is 5. The summed E-state index contributed by atoms with van der Waals surface area (Å²) in [4.78, 5) is 25.4. The lowest BCUT2D eigenvalue weighted by Gasteiger charge is -2.14. The van der Waals surface area contributed by atoms with Gasteiger partial charge in [0.15, 0.2) is 11.8 Å². The third kappa shape index (κ3) is 4.08. The average Bonchev–Trinajstić information content (AvgIpc) is 3.52. The van der Waals surface area contributed by atoms with Gasteiger partial charge in [0.2, 0.25) is 0 Å². The fourth-order valence-corrected chi connectivity index (χ4v) is 3.09. The van der Waals surface area contributed by atoms with E-state index in [1.165, 1.54) is 6.92 Å². The molecule has 0 unspecified atom stereocenters. The summed E-state index contributed by atoms with van der Waals surface area (Å²) in [7, 11) is 0. The summed E-state index contributed by atoms with van der Waals surface area (Å²) in [6, 6.07) is 19.7. The maximum Gasteiger partial charge on any atom is 0.357 e. The molecule has 7 heteroatoms. The van der Waals surface area contributed by atoms with Crippen molar-refractivity contribution in [1.29, 1.82) is 5.26 Å². The Morgan fingerprint density at radius 3 is 2.57 bits per heavy atom. The number of carbonyl (C=O) groups is 2. The fraction of sp³-hybridized carbons (Fsp3) is 0.217. The second kappa shape index (κ2) is 8.21. The smallest absolute Gasteiger partial charge is 0.357 e. The van der Waals surface area contributed by atoms with E-state index in [-0.39, 0.29) is 5.69 Å². The van der Waals surface area contributed by atoms with E-state index in [0.29, 0.717) is 17.2 Å². The first kappa shape index (κ1) is 19.4. The maximum atomic E-state index is 12.9. The Morgan fingerprint density at radius 1 is 1.17 bits per heavy atom. The van der Waals surface area contributed by atoms with Crippen molar-refractivity contribution in [2.75, 3.05) is 5.32 Å². The zero-order chi connectivity index (χ0) is 21.1. The number of nitriles is 1. The minimum absolute atomic E-state index is 0.278. The molecule has 0 bridgehead atoms. The third-order valence-electron chi connectivity index (χ3n) is 4.89. The number of anilines is 1. The molecule has 0 saturated heterocycles. The summed E-state index contributed by atoms with van der Waals surface area (Å²) in [6.45, 7) is 1.49. The van der Waals surface area contributed by atoms with E-state index in [0.717, 1.165) is 24.2 Å². The van der Waals surface area contributed by atoms with Crippen molar-refractivity contribution in [1.82, 2.24) is 9.78 Å². The van der Waals surface area contributed by atoms with Gasteiger partial charge in [-0.15, -0.1) is 0 Å².